The highest BCUT2D eigenvalue weighted by Gasteiger charge is 2.23. The Hall–Kier alpha value is -2.02. The van der Waals surface area contributed by atoms with Crippen molar-refractivity contribution in [1.82, 2.24) is 24.3 Å². The number of hydrogen-bond acceptors (Lipinski definition) is 5. The van der Waals surface area contributed by atoms with Crippen LogP contribution in [0.4, 0.5) is 0 Å². The lowest BCUT2D eigenvalue weighted by Gasteiger charge is -2.13. The number of nitrogens with zero attached hydrogens (tertiary/aromatic N) is 5. The van der Waals surface area contributed by atoms with Crippen LogP contribution in [0.1, 0.15) is 35.7 Å². The average molecular weight is 301 g/mol. The second kappa shape index (κ2) is 4.49. The van der Waals surface area contributed by atoms with Crippen LogP contribution < -0.4 is 5.56 Å². The van der Waals surface area contributed by atoms with Gasteiger partial charge in [-0.25, -0.2) is 4.98 Å². The van der Waals surface area contributed by atoms with E-state index in [-0.39, 0.29) is 11.6 Å². The quantitative estimate of drug-likeness (QED) is 0.722. The highest BCUT2D eigenvalue weighted by Crippen LogP contribution is 2.34. The zero-order valence-electron chi connectivity index (χ0n) is 11.9. The van der Waals surface area contributed by atoms with Crippen LogP contribution in [0.15, 0.2) is 17.4 Å². The minimum absolute atomic E-state index is 0.0369. The van der Waals surface area contributed by atoms with Gasteiger partial charge in [0, 0.05) is 11.9 Å². The molecule has 3 heterocycles. The van der Waals surface area contributed by atoms with Gasteiger partial charge in [-0.05, 0) is 31.7 Å². The molecule has 1 atom stereocenters. The third-order valence-corrected chi connectivity index (χ3v) is 5.39. The van der Waals surface area contributed by atoms with Crippen LogP contribution in [0.5, 0.6) is 0 Å². The molecule has 0 bridgehead atoms. The molecular weight excluding hydrogens is 286 g/mol. The van der Waals surface area contributed by atoms with Gasteiger partial charge in [0.2, 0.25) is 0 Å². The summed E-state index contributed by atoms with van der Waals surface area (Å²) in [6, 6.07) is -0.182. The first-order valence-corrected chi connectivity index (χ1v) is 7.83. The van der Waals surface area contributed by atoms with Crippen molar-refractivity contribution in [1.29, 1.82) is 0 Å². The lowest BCUT2D eigenvalue weighted by atomic mass is 10.2. The molecule has 1 aliphatic carbocycles. The number of aryl methyl sites for hydroxylation is 3. The zero-order valence-corrected chi connectivity index (χ0v) is 12.7. The van der Waals surface area contributed by atoms with Gasteiger partial charge in [-0.2, -0.15) is 0 Å². The van der Waals surface area contributed by atoms with E-state index in [1.54, 1.807) is 28.6 Å². The summed E-state index contributed by atoms with van der Waals surface area (Å²) in [4.78, 5) is 19.6. The summed E-state index contributed by atoms with van der Waals surface area (Å²) in [5.74, 6) is 0.755. The van der Waals surface area contributed by atoms with Crippen LogP contribution in [-0.2, 0) is 19.9 Å². The number of fused-ring (bicyclic) bond motifs is 3. The molecule has 4 rings (SSSR count). The molecule has 108 valence electrons. The molecule has 0 spiro atoms. The van der Waals surface area contributed by atoms with Gasteiger partial charge < -0.3 is 4.57 Å². The van der Waals surface area contributed by atoms with E-state index in [2.05, 4.69) is 15.2 Å². The fourth-order valence-electron chi connectivity index (χ4n) is 3.07. The molecule has 7 heteroatoms. The maximum absolute atomic E-state index is 12.9. The second-order valence-corrected chi connectivity index (χ2v) is 6.55. The normalized spacial score (nSPS) is 15.5. The standard InChI is InChI=1S/C14H15N5OS/c1-8(12-17-16-7-18(12)2)19-6-15-13-11(14(19)20)9-4-3-5-10(9)21-13/h6-8H,3-5H2,1-2H3/t8-/m0/s1. The number of aromatic nitrogens is 5. The highest BCUT2D eigenvalue weighted by atomic mass is 32.1. The molecule has 21 heavy (non-hydrogen) atoms. The number of thiophene rings is 1. The molecule has 0 N–H and O–H groups in total. The Morgan fingerprint density at radius 3 is 2.95 bits per heavy atom. The SMILES string of the molecule is C[C@@H](c1nncn1C)n1cnc2sc3c(c2c1=O)CCC3. The van der Waals surface area contributed by atoms with Gasteiger partial charge in [0.1, 0.15) is 11.2 Å². The molecular formula is C14H15N5OS. The van der Waals surface area contributed by atoms with Crippen LogP contribution in [0.3, 0.4) is 0 Å². The predicted molar refractivity (Wildman–Crippen MR) is 80.7 cm³/mol. The van der Waals surface area contributed by atoms with E-state index < -0.39 is 0 Å². The van der Waals surface area contributed by atoms with E-state index in [0.717, 1.165) is 35.3 Å². The van der Waals surface area contributed by atoms with Gasteiger partial charge >= 0.3 is 0 Å². The smallest absolute Gasteiger partial charge is 0.263 e. The Labute approximate surface area is 125 Å². The summed E-state index contributed by atoms with van der Waals surface area (Å²) in [7, 11) is 1.88. The van der Waals surface area contributed by atoms with Crippen LogP contribution >= 0.6 is 11.3 Å². The van der Waals surface area contributed by atoms with Crippen molar-refractivity contribution in [2.45, 2.75) is 32.2 Å². The van der Waals surface area contributed by atoms with Gasteiger partial charge in [0.25, 0.3) is 5.56 Å². The first-order valence-electron chi connectivity index (χ1n) is 7.02. The van der Waals surface area contributed by atoms with Crippen molar-refractivity contribution in [2.24, 2.45) is 7.05 Å². The van der Waals surface area contributed by atoms with E-state index in [4.69, 9.17) is 0 Å². The molecule has 6 nitrogen and oxygen atoms in total. The van der Waals surface area contributed by atoms with Gasteiger partial charge in [-0.15, -0.1) is 21.5 Å². The summed E-state index contributed by atoms with van der Waals surface area (Å²) in [5.41, 5.74) is 1.25. The Balaban J connectivity index is 1.92. The maximum Gasteiger partial charge on any atom is 0.263 e. The number of rotatable bonds is 2. The van der Waals surface area contributed by atoms with Gasteiger partial charge in [0.15, 0.2) is 5.82 Å². The van der Waals surface area contributed by atoms with Crippen LogP contribution in [0, 0.1) is 0 Å². The summed E-state index contributed by atoms with van der Waals surface area (Å²) < 4.78 is 3.50. The lowest BCUT2D eigenvalue weighted by molar-refractivity contribution is 0.553. The van der Waals surface area contributed by atoms with Crippen molar-refractivity contribution in [3.63, 3.8) is 0 Å². The predicted octanol–water partition coefficient (Wildman–Crippen LogP) is 1.68. The maximum atomic E-state index is 12.9. The van der Waals surface area contributed by atoms with Gasteiger partial charge in [-0.3, -0.25) is 9.36 Å². The molecule has 0 radical (unpaired) electrons. The van der Waals surface area contributed by atoms with Crippen LogP contribution in [-0.4, -0.2) is 24.3 Å². The highest BCUT2D eigenvalue weighted by molar-refractivity contribution is 7.18. The molecule has 0 aliphatic heterocycles. The largest absolute Gasteiger partial charge is 0.319 e. The fourth-order valence-corrected chi connectivity index (χ4v) is 4.29. The second-order valence-electron chi connectivity index (χ2n) is 5.47. The fraction of sp³-hybridized carbons (Fsp3) is 0.429. The first-order chi connectivity index (χ1) is 10.2. The summed E-state index contributed by atoms with van der Waals surface area (Å²) in [6.45, 7) is 1.95. The molecule has 1 aliphatic rings. The molecule has 0 aromatic carbocycles. The molecule has 0 fully saturated rings. The molecule has 3 aromatic heterocycles. The van der Waals surface area contributed by atoms with E-state index in [1.807, 2.05) is 18.5 Å². The summed E-state index contributed by atoms with van der Waals surface area (Å²) in [6.07, 6.45) is 6.49. The third-order valence-electron chi connectivity index (χ3n) is 4.19. The topological polar surface area (TPSA) is 65.6 Å². The molecule has 3 aromatic rings. The van der Waals surface area contributed by atoms with Crippen LogP contribution in [0.2, 0.25) is 0 Å². The summed E-state index contributed by atoms with van der Waals surface area (Å²) in [5, 5.41) is 8.80. The van der Waals surface area contributed by atoms with Crippen LogP contribution in [0.25, 0.3) is 10.2 Å². The number of hydrogen-bond donors (Lipinski definition) is 0. The van der Waals surface area contributed by atoms with Crippen molar-refractivity contribution >= 4 is 21.6 Å². The summed E-state index contributed by atoms with van der Waals surface area (Å²) >= 11 is 1.66. The Kier molecular flexibility index (Phi) is 2.72. The Morgan fingerprint density at radius 2 is 2.19 bits per heavy atom. The van der Waals surface area contributed by atoms with Crippen molar-refractivity contribution in [3.05, 3.63) is 39.3 Å². The van der Waals surface area contributed by atoms with E-state index >= 15 is 0 Å². The Bertz CT molecular complexity index is 891. The van der Waals surface area contributed by atoms with E-state index in [0.29, 0.717) is 0 Å². The zero-order chi connectivity index (χ0) is 14.6. The van der Waals surface area contributed by atoms with Crippen molar-refractivity contribution in [2.75, 3.05) is 0 Å². The molecule has 0 amide bonds. The molecule has 0 saturated carbocycles. The van der Waals surface area contributed by atoms with E-state index in [1.165, 1.54) is 10.4 Å². The molecule has 0 saturated heterocycles. The monoisotopic (exact) mass is 301 g/mol. The molecule has 0 unspecified atom stereocenters. The Morgan fingerprint density at radius 1 is 1.33 bits per heavy atom. The first kappa shape index (κ1) is 12.7. The van der Waals surface area contributed by atoms with E-state index in [9.17, 15) is 4.79 Å². The van der Waals surface area contributed by atoms with Gasteiger partial charge in [0.05, 0.1) is 17.8 Å². The minimum Gasteiger partial charge on any atom is -0.319 e. The minimum atomic E-state index is -0.182. The van der Waals surface area contributed by atoms with Crippen molar-refractivity contribution < 1.29 is 0 Å². The lowest BCUT2D eigenvalue weighted by Crippen LogP contribution is -2.26. The van der Waals surface area contributed by atoms with Gasteiger partial charge in [-0.1, -0.05) is 0 Å². The average Bonchev–Trinajstić information content (AvgIpc) is 3.13. The van der Waals surface area contributed by atoms with Crippen molar-refractivity contribution in [3.8, 4) is 0 Å². The third kappa shape index (κ3) is 1.77.